The molecule has 0 amide bonds. The molecular formula is C13H20Si. The van der Waals surface area contributed by atoms with Crippen molar-refractivity contribution in [3.63, 3.8) is 0 Å². The third-order valence-corrected chi connectivity index (χ3v) is 4.91. The maximum Gasteiger partial charge on any atom is 0.0724 e. The summed E-state index contributed by atoms with van der Waals surface area (Å²) in [5, 5.41) is 1.64. The van der Waals surface area contributed by atoms with Gasteiger partial charge in [-0.15, -0.1) is 0 Å². The van der Waals surface area contributed by atoms with Crippen molar-refractivity contribution in [2.75, 3.05) is 0 Å². The molecule has 1 aromatic carbocycles. The first-order valence-corrected chi connectivity index (χ1v) is 8.80. The molecule has 76 valence electrons. The van der Waals surface area contributed by atoms with Gasteiger partial charge in [-0.2, -0.15) is 0 Å². The van der Waals surface area contributed by atoms with Crippen LogP contribution >= 0.6 is 0 Å². The van der Waals surface area contributed by atoms with Gasteiger partial charge in [-0.1, -0.05) is 68.2 Å². The molecule has 0 N–H and O–H groups in total. The summed E-state index contributed by atoms with van der Waals surface area (Å²) in [7, 11) is -1.11. The van der Waals surface area contributed by atoms with E-state index in [4.69, 9.17) is 0 Å². The molecule has 0 spiro atoms. The van der Waals surface area contributed by atoms with Crippen LogP contribution in [0.2, 0.25) is 19.6 Å². The second kappa shape index (κ2) is 4.60. The molecule has 0 saturated heterocycles. The van der Waals surface area contributed by atoms with Gasteiger partial charge in [-0.05, 0) is 12.0 Å². The van der Waals surface area contributed by atoms with Gasteiger partial charge < -0.3 is 0 Å². The van der Waals surface area contributed by atoms with E-state index in [9.17, 15) is 0 Å². The highest BCUT2D eigenvalue weighted by atomic mass is 28.3. The average Bonchev–Trinajstić information content (AvgIpc) is 2.14. The van der Waals surface area contributed by atoms with Crippen molar-refractivity contribution < 1.29 is 0 Å². The Morgan fingerprint density at radius 1 is 1.14 bits per heavy atom. The van der Waals surface area contributed by atoms with E-state index < -0.39 is 8.07 Å². The number of rotatable bonds is 3. The zero-order chi connectivity index (χ0) is 10.6. The van der Waals surface area contributed by atoms with Crippen LogP contribution in [0.25, 0.3) is 6.08 Å². The van der Waals surface area contributed by atoms with Crippen molar-refractivity contribution in [1.29, 1.82) is 0 Å². The molecule has 0 aliphatic rings. The monoisotopic (exact) mass is 204 g/mol. The molecule has 1 aromatic rings. The normalized spacial score (nSPS) is 13.0. The zero-order valence-corrected chi connectivity index (χ0v) is 10.7. The minimum atomic E-state index is -1.11. The Morgan fingerprint density at radius 3 is 2.14 bits per heavy atom. The molecular weight excluding hydrogens is 184 g/mol. The maximum absolute atomic E-state index is 2.41. The first-order chi connectivity index (χ1) is 6.54. The minimum Gasteiger partial charge on any atom is -0.0807 e. The third kappa shape index (κ3) is 3.15. The lowest BCUT2D eigenvalue weighted by Gasteiger charge is -2.19. The summed E-state index contributed by atoms with van der Waals surface area (Å²) in [6.07, 6.45) is 3.55. The average molecular weight is 204 g/mol. The molecule has 0 aliphatic carbocycles. The van der Waals surface area contributed by atoms with E-state index in [0.717, 1.165) is 0 Å². The van der Waals surface area contributed by atoms with Crippen molar-refractivity contribution >= 4 is 14.1 Å². The van der Waals surface area contributed by atoms with Crippen LogP contribution in [0, 0.1) is 0 Å². The highest BCUT2D eigenvalue weighted by molar-refractivity contribution is 6.83. The second-order valence-electron chi connectivity index (χ2n) is 4.68. The molecule has 1 heteroatoms. The van der Waals surface area contributed by atoms with Crippen molar-refractivity contribution in [1.82, 2.24) is 0 Å². The van der Waals surface area contributed by atoms with E-state index >= 15 is 0 Å². The molecule has 0 bridgehead atoms. The summed E-state index contributed by atoms with van der Waals surface area (Å²) in [6, 6.07) is 10.6. The van der Waals surface area contributed by atoms with Crippen LogP contribution in [-0.4, -0.2) is 8.07 Å². The maximum atomic E-state index is 2.41. The van der Waals surface area contributed by atoms with Crippen LogP contribution in [-0.2, 0) is 0 Å². The lowest BCUT2D eigenvalue weighted by Crippen LogP contribution is -2.23. The van der Waals surface area contributed by atoms with E-state index in [1.165, 1.54) is 12.0 Å². The summed E-state index contributed by atoms with van der Waals surface area (Å²) in [5.74, 6) is 0. The summed E-state index contributed by atoms with van der Waals surface area (Å²) in [5.41, 5.74) is 1.34. The molecule has 0 radical (unpaired) electrons. The van der Waals surface area contributed by atoms with Gasteiger partial charge in [0.05, 0.1) is 8.07 Å². The summed E-state index contributed by atoms with van der Waals surface area (Å²) >= 11 is 0. The van der Waals surface area contributed by atoms with Gasteiger partial charge in [-0.25, -0.2) is 0 Å². The highest BCUT2D eigenvalue weighted by Crippen LogP contribution is 2.20. The molecule has 0 saturated carbocycles. The Labute approximate surface area is 88.7 Å². The van der Waals surface area contributed by atoms with Crippen LogP contribution in [0.3, 0.4) is 0 Å². The SMILES string of the molecule is CC/C(=C\c1ccccc1)[Si](C)(C)C. The number of hydrogen-bond donors (Lipinski definition) is 0. The largest absolute Gasteiger partial charge is 0.0807 e. The quantitative estimate of drug-likeness (QED) is 0.642. The zero-order valence-electron chi connectivity index (χ0n) is 9.67. The first-order valence-electron chi connectivity index (χ1n) is 5.30. The van der Waals surface area contributed by atoms with Crippen LogP contribution in [0.15, 0.2) is 35.5 Å². The molecule has 0 aliphatic heterocycles. The fourth-order valence-electron chi connectivity index (χ4n) is 1.60. The predicted octanol–water partition coefficient (Wildman–Crippen LogP) is 4.36. The fourth-order valence-corrected chi connectivity index (χ4v) is 3.26. The lowest BCUT2D eigenvalue weighted by molar-refractivity contribution is 1.18. The van der Waals surface area contributed by atoms with E-state index in [0.29, 0.717) is 0 Å². The Morgan fingerprint density at radius 2 is 1.71 bits per heavy atom. The van der Waals surface area contributed by atoms with Crippen LogP contribution in [0.5, 0.6) is 0 Å². The molecule has 14 heavy (non-hydrogen) atoms. The predicted molar refractivity (Wildman–Crippen MR) is 68.1 cm³/mol. The van der Waals surface area contributed by atoms with Crippen LogP contribution in [0.4, 0.5) is 0 Å². The van der Waals surface area contributed by atoms with Gasteiger partial charge in [0.1, 0.15) is 0 Å². The molecule has 0 fully saturated rings. The fraction of sp³-hybridized carbons (Fsp3) is 0.385. The van der Waals surface area contributed by atoms with Crippen molar-refractivity contribution in [2.45, 2.75) is 33.0 Å². The van der Waals surface area contributed by atoms with Crippen molar-refractivity contribution in [2.24, 2.45) is 0 Å². The van der Waals surface area contributed by atoms with Gasteiger partial charge in [0.2, 0.25) is 0 Å². The molecule has 0 aromatic heterocycles. The number of hydrogen-bond acceptors (Lipinski definition) is 0. The molecule has 0 unspecified atom stereocenters. The molecule has 0 atom stereocenters. The van der Waals surface area contributed by atoms with E-state index in [1.54, 1.807) is 5.20 Å². The van der Waals surface area contributed by atoms with Crippen molar-refractivity contribution in [3.8, 4) is 0 Å². The van der Waals surface area contributed by atoms with E-state index in [1.807, 2.05) is 0 Å². The van der Waals surface area contributed by atoms with E-state index in [-0.39, 0.29) is 0 Å². The summed E-state index contributed by atoms with van der Waals surface area (Å²) < 4.78 is 0. The Hall–Kier alpha value is -0.823. The Balaban J connectivity index is 2.96. The van der Waals surface area contributed by atoms with E-state index in [2.05, 4.69) is 63.0 Å². The smallest absolute Gasteiger partial charge is 0.0724 e. The van der Waals surface area contributed by atoms with Crippen molar-refractivity contribution in [3.05, 3.63) is 41.1 Å². The summed E-state index contributed by atoms with van der Waals surface area (Å²) in [4.78, 5) is 0. The highest BCUT2D eigenvalue weighted by Gasteiger charge is 2.17. The first kappa shape index (κ1) is 11.3. The third-order valence-electron chi connectivity index (χ3n) is 2.48. The second-order valence-corrected chi connectivity index (χ2v) is 9.83. The van der Waals surface area contributed by atoms with Gasteiger partial charge in [0.25, 0.3) is 0 Å². The van der Waals surface area contributed by atoms with Gasteiger partial charge in [0.15, 0.2) is 0 Å². The Kier molecular flexibility index (Phi) is 3.70. The van der Waals surface area contributed by atoms with Gasteiger partial charge in [-0.3, -0.25) is 0 Å². The Bertz CT molecular complexity index is 304. The topological polar surface area (TPSA) is 0 Å². The summed E-state index contributed by atoms with van der Waals surface area (Å²) in [6.45, 7) is 9.48. The standard InChI is InChI=1S/C13H20Si/c1-5-13(14(2,3)4)11-12-9-7-6-8-10-12/h6-11H,5H2,1-4H3/b13-11+. The van der Waals surface area contributed by atoms with Gasteiger partial charge >= 0.3 is 0 Å². The van der Waals surface area contributed by atoms with Crippen LogP contribution in [0.1, 0.15) is 18.9 Å². The van der Waals surface area contributed by atoms with Crippen LogP contribution < -0.4 is 0 Å². The molecule has 0 heterocycles. The molecule has 1 rings (SSSR count). The van der Waals surface area contributed by atoms with Gasteiger partial charge in [0, 0.05) is 0 Å². The molecule has 0 nitrogen and oxygen atoms in total. The number of benzene rings is 1. The lowest BCUT2D eigenvalue weighted by atomic mass is 10.2. The minimum absolute atomic E-state index is 1.11. The number of allylic oxidation sites excluding steroid dienone is 1.